The van der Waals surface area contributed by atoms with Crippen LogP contribution in [0.15, 0.2) is 0 Å². The first-order valence-electron chi connectivity index (χ1n) is 1.59. The zero-order valence-electron chi connectivity index (χ0n) is 3.68. The predicted molar refractivity (Wildman–Crippen MR) is 45.8 cm³/mol. The number of hydrogen-bond donors (Lipinski definition) is 6. The molecule has 2 N–H and O–H groups in total. The van der Waals surface area contributed by atoms with Gasteiger partial charge in [0.2, 0.25) is 0 Å². The summed E-state index contributed by atoms with van der Waals surface area (Å²) in [6.45, 7) is 0. The zero-order valence-corrected chi connectivity index (χ0v) is 7.26. The molecule has 0 saturated carbocycles. The van der Waals surface area contributed by atoms with Crippen LogP contribution in [0.2, 0.25) is 0 Å². The molecule has 0 aliphatic carbocycles. The van der Waals surface area contributed by atoms with Gasteiger partial charge in [0.1, 0.15) is 0 Å². The van der Waals surface area contributed by atoms with Crippen molar-refractivity contribution in [2.45, 2.75) is 8.53 Å². The van der Waals surface area contributed by atoms with E-state index in [1.54, 1.807) is 0 Å². The molecule has 0 bridgehead atoms. The molecule has 0 heterocycles. The normalized spacial score (nSPS) is 14.2. The maximum Gasteiger partial charge on any atom is 0.200 e. The summed E-state index contributed by atoms with van der Waals surface area (Å²) >= 11 is 13.8. The average molecular weight is 190 g/mol. The molecule has 0 aromatic carbocycles. The van der Waals surface area contributed by atoms with Crippen molar-refractivity contribution in [2.75, 3.05) is 0 Å². The lowest BCUT2D eigenvalue weighted by molar-refractivity contribution is 0.0945. The van der Waals surface area contributed by atoms with Gasteiger partial charge in [0.25, 0.3) is 0 Å². The number of aliphatic hydroxyl groups is 2. The third-order valence-electron chi connectivity index (χ3n) is 0.450. The van der Waals surface area contributed by atoms with Crippen molar-refractivity contribution in [1.29, 1.82) is 0 Å². The van der Waals surface area contributed by atoms with Gasteiger partial charge in [-0.1, -0.05) is 0 Å². The van der Waals surface area contributed by atoms with E-state index in [9.17, 15) is 0 Å². The van der Waals surface area contributed by atoms with Gasteiger partial charge in [-0.3, -0.25) is 0 Å². The molecule has 0 aromatic heterocycles. The van der Waals surface area contributed by atoms with Crippen molar-refractivity contribution in [1.82, 2.24) is 0 Å². The fourth-order valence-electron chi connectivity index (χ4n) is 0. The Morgan fingerprint density at radius 3 is 0.875 bits per heavy atom. The van der Waals surface area contributed by atoms with Gasteiger partial charge < -0.3 is 10.2 Å². The Morgan fingerprint density at radius 2 is 0.875 bits per heavy atom. The summed E-state index contributed by atoms with van der Waals surface area (Å²) in [6.07, 6.45) is 0. The molecule has 0 amide bonds. The van der Waals surface area contributed by atoms with E-state index in [4.69, 9.17) is 10.2 Å². The molecule has 0 unspecified atom stereocenters. The Balaban J connectivity index is 4.02. The first-order valence-corrected chi connectivity index (χ1v) is 3.38. The van der Waals surface area contributed by atoms with Crippen LogP contribution >= 0.6 is 50.5 Å². The quantitative estimate of drug-likeness (QED) is 0.260. The van der Waals surface area contributed by atoms with Crippen LogP contribution in [0.1, 0.15) is 0 Å². The molecule has 0 saturated heterocycles. The molecule has 0 aliphatic heterocycles. The number of rotatable bonds is 1. The van der Waals surface area contributed by atoms with Crippen LogP contribution in [0.3, 0.4) is 0 Å². The summed E-state index contributed by atoms with van der Waals surface area (Å²) in [4.78, 5) is 0. The van der Waals surface area contributed by atoms with Gasteiger partial charge in [0, 0.05) is 0 Å². The van der Waals surface area contributed by atoms with E-state index < -0.39 is 8.53 Å². The van der Waals surface area contributed by atoms with E-state index >= 15 is 0 Å². The largest absolute Gasteiger partial charge is 0.367 e. The van der Waals surface area contributed by atoms with E-state index in [0.717, 1.165) is 0 Å². The molecule has 0 atom stereocenters. The lowest BCUT2D eigenvalue weighted by atomic mass is 10.7. The maximum atomic E-state index is 8.68. The Bertz CT molecular complexity index is 67.0. The van der Waals surface area contributed by atoms with Crippen molar-refractivity contribution < 1.29 is 10.2 Å². The van der Waals surface area contributed by atoms with Crippen LogP contribution in [-0.2, 0) is 0 Å². The molecule has 0 fully saturated rings. The van der Waals surface area contributed by atoms with Gasteiger partial charge in [-0.15, -0.1) is 50.5 Å². The first-order chi connectivity index (χ1) is 3.25. The van der Waals surface area contributed by atoms with Crippen LogP contribution in [0.25, 0.3) is 0 Å². The van der Waals surface area contributed by atoms with Crippen LogP contribution < -0.4 is 0 Å². The van der Waals surface area contributed by atoms with E-state index in [2.05, 4.69) is 50.5 Å². The van der Waals surface area contributed by atoms with Gasteiger partial charge in [0.05, 0.1) is 0 Å². The second kappa shape index (κ2) is 2.51. The topological polar surface area (TPSA) is 40.5 Å². The summed E-state index contributed by atoms with van der Waals surface area (Å²) in [5, 5.41) is 17.4. The predicted octanol–water partition coefficient (Wildman–Crippen LogP) is -0.00220. The Labute approximate surface area is 69.3 Å². The van der Waals surface area contributed by atoms with Gasteiger partial charge in [-0.05, 0) is 0 Å². The summed E-state index contributed by atoms with van der Waals surface area (Å²) in [7, 11) is 0. The van der Waals surface area contributed by atoms with Crippen molar-refractivity contribution in [3.63, 3.8) is 0 Å². The highest BCUT2D eigenvalue weighted by atomic mass is 32.2. The van der Waals surface area contributed by atoms with E-state index in [1.165, 1.54) is 0 Å². The van der Waals surface area contributed by atoms with Gasteiger partial charge in [-0.2, -0.15) is 0 Å². The van der Waals surface area contributed by atoms with Crippen LogP contribution in [0.5, 0.6) is 0 Å². The molecule has 0 rings (SSSR count). The molecule has 6 heteroatoms. The van der Waals surface area contributed by atoms with E-state index in [0.29, 0.717) is 0 Å². The highest BCUT2D eigenvalue weighted by molar-refractivity contribution is 8.07. The van der Waals surface area contributed by atoms with Crippen molar-refractivity contribution in [3.05, 3.63) is 0 Å². The lowest BCUT2D eigenvalue weighted by Crippen LogP contribution is -2.35. The molecule has 0 spiro atoms. The standard InChI is InChI=1S/C2H6O2S4/c3-1(5,6)2(4,7)8/h3-8H. The van der Waals surface area contributed by atoms with Crippen LogP contribution in [-0.4, -0.2) is 18.7 Å². The average Bonchev–Trinajstić information content (AvgIpc) is 1.25. The highest BCUT2D eigenvalue weighted by Crippen LogP contribution is 2.35. The van der Waals surface area contributed by atoms with Crippen molar-refractivity contribution in [3.8, 4) is 0 Å². The van der Waals surface area contributed by atoms with Crippen LogP contribution in [0, 0.1) is 0 Å². The second-order valence-electron chi connectivity index (χ2n) is 1.27. The van der Waals surface area contributed by atoms with Gasteiger partial charge >= 0.3 is 0 Å². The molecule has 0 aromatic rings. The van der Waals surface area contributed by atoms with Crippen molar-refractivity contribution >= 4 is 50.5 Å². The minimum Gasteiger partial charge on any atom is -0.367 e. The third kappa shape index (κ3) is 2.75. The molecule has 0 radical (unpaired) electrons. The third-order valence-corrected chi connectivity index (χ3v) is 2.45. The zero-order chi connectivity index (χ0) is 7.00. The molecule has 0 aliphatic rings. The van der Waals surface area contributed by atoms with Crippen molar-refractivity contribution in [2.24, 2.45) is 0 Å². The summed E-state index contributed by atoms with van der Waals surface area (Å²) in [6, 6.07) is 0. The smallest absolute Gasteiger partial charge is 0.200 e. The summed E-state index contributed by atoms with van der Waals surface area (Å²) in [5.41, 5.74) is 0. The molecule has 8 heavy (non-hydrogen) atoms. The second-order valence-corrected chi connectivity index (χ2v) is 4.57. The fourth-order valence-corrected chi connectivity index (χ4v) is 0. The Morgan fingerprint density at radius 1 is 0.750 bits per heavy atom. The molecular weight excluding hydrogens is 184 g/mol. The van der Waals surface area contributed by atoms with E-state index in [1.807, 2.05) is 0 Å². The highest BCUT2D eigenvalue weighted by Gasteiger charge is 2.37. The van der Waals surface area contributed by atoms with Gasteiger partial charge in [0.15, 0.2) is 8.53 Å². The number of hydrogen-bond acceptors (Lipinski definition) is 6. The molecule has 2 nitrogen and oxygen atoms in total. The number of thiol groups is 4. The molecule has 50 valence electrons. The molecular formula is C2H6O2S4. The van der Waals surface area contributed by atoms with E-state index in [-0.39, 0.29) is 0 Å². The van der Waals surface area contributed by atoms with Crippen LogP contribution in [0.4, 0.5) is 0 Å². The lowest BCUT2D eigenvalue weighted by Gasteiger charge is -2.26. The fraction of sp³-hybridized carbons (Fsp3) is 1.00. The minimum atomic E-state index is -1.89. The summed E-state index contributed by atoms with van der Waals surface area (Å²) in [5.74, 6) is 0. The summed E-state index contributed by atoms with van der Waals surface area (Å²) < 4.78 is -3.78. The Hall–Kier alpha value is 1.32. The Kier molecular flexibility index (Phi) is 2.93. The monoisotopic (exact) mass is 190 g/mol. The SMILES string of the molecule is OC(S)(S)C(O)(S)S. The first kappa shape index (κ1) is 9.32. The van der Waals surface area contributed by atoms with Gasteiger partial charge in [-0.25, -0.2) is 0 Å². The maximum absolute atomic E-state index is 8.68. The minimum absolute atomic E-state index is 1.89.